The fraction of sp³-hybridized carbons (Fsp3) is 0.364. The molecular formula is C11H17ClN2O2. The summed E-state index contributed by atoms with van der Waals surface area (Å²) in [7, 11) is 0. The molecule has 16 heavy (non-hydrogen) atoms. The first kappa shape index (κ1) is 14.7. The number of phenols is 1. The van der Waals surface area contributed by atoms with Crippen LogP contribution in [0.15, 0.2) is 24.3 Å². The van der Waals surface area contributed by atoms with Crippen LogP contribution in [-0.2, 0) is 4.79 Å². The van der Waals surface area contributed by atoms with E-state index in [-0.39, 0.29) is 24.1 Å². The van der Waals surface area contributed by atoms with E-state index in [4.69, 9.17) is 5.73 Å². The van der Waals surface area contributed by atoms with Crippen molar-refractivity contribution in [3.63, 3.8) is 0 Å². The molecule has 0 aromatic heterocycles. The number of phenolic OH excluding ortho intramolecular Hbond substituents is 1. The number of benzene rings is 1. The SMILES string of the molecule is CCCC(N)C(=O)Nc1cccc(O)c1.Cl. The Bertz CT molecular complexity index is 345. The molecule has 0 fully saturated rings. The highest BCUT2D eigenvalue weighted by Crippen LogP contribution is 2.15. The Labute approximate surface area is 101 Å². The molecule has 0 spiro atoms. The van der Waals surface area contributed by atoms with E-state index >= 15 is 0 Å². The summed E-state index contributed by atoms with van der Waals surface area (Å²) < 4.78 is 0. The van der Waals surface area contributed by atoms with Gasteiger partial charge in [-0.05, 0) is 18.6 Å². The highest BCUT2D eigenvalue weighted by atomic mass is 35.5. The number of amides is 1. The number of nitrogens with two attached hydrogens (primary N) is 1. The fourth-order valence-electron chi connectivity index (χ4n) is 1.26. The Balaban J connectivity index is 0.00000225. The zero-order valence-corrected chi connectivity index (χ0v) is 9.96. The Morgan fingerprint density at radius 1 is 1.56 bits per heavy atom. The minimum absolute atomic E-state index is 0. The van der Waals surface area contributed by atoms with Crippen molar-refractivity contribution in [3.8, 4) is 5.75 Å². The number of nitrogens with one attached hydrogen (secondary N) is 1. The summed E-state index contributed by atoms with van der Waals surface area (Å²) >= 11 is 0. The number of aromatic hydroxyl groups is 1. The van der Waals surface area contributed by atoms with Crippen LogP contribution in [-0.4, -0.2) is 17.1 Å². The van der Waals surface area contributed by atoms with Crippen molar-refractivity contribution in [1.29, 1.82) is 0 Å². The van der Waals surface area contributed by atoms with E-state index in [1.165, 1.54) is 6.07 Å². The zero-order valence-electron chi connectivity index (χ0n) is 9.14. The van der Waals surface area contributed by atoms with Gasteiger partial charge in [0.2, 0.25) is 5.91 Å². The van der Waals surface area contributed by atoms with Crippen LogP contribution in [0.2, 0.25) is 0 Å². The predicted octanol–water partition coefficient (Wildman–Crippen LogP) is 1.88. The molecule has 1 unspecified atom stereocenters. The lowest BCUT2D eigenvalue weighted by molar-refractivity contribution is -0.117. The van der Waals surface area contributed by atoms with Crippen molar-refractivity contribution >= 4 is 24.0 Å². The van der Waals surface area contributed by atoms with E-state index in [2.05, 4.69) is 5.32 Å². The molecule has 4 nitrogen and oxygen atoms in total. The molecule has 4 N–H and O–H groups in total. The summed E-state index contributed by atoms with van der Waals surface area (Å²) in [6.07, 6.45) is 1.53. The van der Waals surface area contributed by atoms with Gasteiger partial charge in [0.25, 0.3) is 0 Å². The maximum absolute atomic E-state index is 11.5. The van der Waals surface area contributed by atoms with Gasteiger partial charge in [0.1, 0.15) is 5.75 Å². The Hall–Kier alpha value is -1.26. The van der Waals surface area contributed by atoms with Crippen molar-refractivity contribution in [2.75, 3.05) is 5.32 Å². The number of hydrogen-bond acceptors (Lipinski definition) is 3. The first-order valence-corrected chi connectivity index (χ1v) is 4.99. The van der Waals surface area contributed by atoms with E-state index in [9.17, 15) is 9.90 Å². The van der Waals surface area contributed by atoms with Crippen LogP contribution in [0.3, 0.4) is 0 Å². The number of hydrogen-bond donors (Lipinski definition) is 3. The summed E-state index contributed by atoms with van der Waals surface area (Å²) in [6, 6.07) is 5.91. The summed E-state index contributed by atoms with van der Waals surface area (Å²) in [5.41, 5.74) is 6.20. The minimum Gasteiger partial charge on any atom is -0.508 e. The predicted molar refractivity (Wildman–Crippen MR) is 66.9 cm³/mol. The first-order valence-electron chi connectivity index (χ1n) is 4.99. The summed E-state index contributed by atoms with van der Waals surface area (Å²) in [5.74, 6) is -0.0979. The molecule has 0 saturated heterocycles. The van der Waals surface area contributed by atoms with E-state index in [0.29, 0.717) is 12.1 Å². The standard InChI is InChI=1S/C11H16N2O2.ClH/c1-2-4-10(12)11(15)13-8-5-3-6-9(14)7-8;/h3,5-7,10,14H,2,4,12H2,1H3,(H,13,15);1H. The number of carbonyl (C=O) groups is 1. The maximum Gasteiger partial charge on any atom is 0.241 e. The largest absolute Gasteiger partial charge is 0.508 e. The molecule has 0 aliphatic carbocycles. The molecule has 0 heterocycles. The van der Waals surface area contributed by atoms with Crippen LogP contribution >= 0.6 is 12.4 Å². The molecule has 0 saturated carbocycles. The van der Waals surface area contributed by atoms with E-state index < -0.39 is 6.04 Å². The van der Waals surface area contributed by atoms with Crippen LogP contribution in [0.25, 0.3) is 0 Å². The van der Waals surface area contributed by atoms with Gasteiger partial charge in [-0.15, -0.1) is 12.4 Å². The lowest BCUT2D eigenvalue weighted by atomic mass is 10.1. The van der Waals surface area contributed by atoms with Crippen molar-refractivity contribution in [2.24, 2.45) is 5.73 Å². The molecule has 0 radical (unpaired) electrons. The first-order chi connectivity index (χ1) is 7.13. The molecule has 0 bridgehead atoms. The lowest BCUT2D eigenvalue weighted by Crippen LogP contribution is -2.35. The molecule has 0 aliphatic rings. The van der Waals surface area contributed by atoms with Gasteiger partial charge in [-0.3, -0.25) is 4.79 Å². The second kappa shape index (κ2) is 7.09. The lowest BCUT2D eigenvalue weighted by Gasteiger charge is -2.11. The van der Waals surface area contributed by atoms with Gasteiger partial charge in [-0.2, -0.15) is 0 Å². The third kappa shape index (κ3) is 4.51. The number of carbonyl (C=O) groups excluding carboxylic acids is 1. The van der Waals surface area contributed by atoms with Crippen LogP contribution in [0.1, 0.15) is 19.8 Å². The summed E-state index contributed by atoms with van der Waals surface area (Å²) in [4.78, 5) is 11.5. The van der Waals surface area contributed by atoms with Crippen LogP contribution in [0.5, 0.6) is 5.75 Å². The average Bonchev–Trinajstić information content (AvgIpc) is 2.18. The summed E-state index contributed by atoms with van der Waals surface area (Å²) in [6.45, 7) is 1.97. The fourth-order valence-corrected chi connectivity index (χ4v) is 1.26. The molecule has 0 aliphatic heterocycles. The van der Waals surface area contributed by atoms with Crippen LogP contribution in [0.4, 0.5) is 5.69 Å². The zero-order chi connectivity index (χ0) is 11.3. The Morgan fingerprint density at radius 3 is 2.81 bits per heavy atom. The Kier molecular flexibility index (Phi) is 6.53. The molecule has 1 rings (SSSR count). The third-order valence-corrected chi connectivity index (χ3v) is 2.05. The topological polar surface area (TPSA) is 75.4 Å². The monoisotopic (exact) mass is 244 g/mol. The van der Waals surface area contributed by atoms with Crippen LogP contribution in [0, 0.1) is 0 Å². The number of anilines is 1. The highest BCUT2D eigenvalue weighted by molar-refractivity contribution is 5.94. The van der Waals surface area contributed by atoms with Gasteiger partial charge in [-0.1, -0.05) is 19.4 Å². The molecule has 1 atom stereocenters. The second-order valence-corrected chi connectivity index (χ2v) is 3.43. The van der Waals surface area contributed by atoms with Gasteiger partial charge >= 0.3 is 0 Å². The molecule has 5 heteroatoms. The van der Waals surface area contributed by atoms with Crippen LogP contribution < -0.4 is 11.1 Å². The van der Waals surface area contributed by atoms with Gasteiger partial charge in [0.15, 0.2) is 0 Å². The maximum atomic E-state index is 11.5. The molecule has 90 valence electrons. The smallest absolute Gasteiger partial charge is 0.241 e. The van der Waals surface area contributed by atoms with Crippen molar-refractivity contribution < 1.29 is 9.90 Å². The number of halogens is 1. The minimum atomic E-state index is -0.489. The van der Waals surface area contributed by atoms with Crippen molar-refractivity contribution in [1.82, 2.24) is 0 Å². The van der Waals surface area contributed by atoms with Gasteiger partial charge in [0, 0.05) is 11.8 Å². The number of rotatable bonds is 4. The molecule has 1 aromatic rings. The quantitative estimate of drug-likeness (QED) is 0.757. The van der Waals surface area contributed by atoms with Gasteiger partial charge < -0.3 is 16.2 Å². The van der Waals surface area contributed by atoms with Gasteiger partial charge in [0.05, 0.1) is 6.04 Å². The van der Waals surface area contributed by atoms with E-state index in [0.717, 1.165) is 6.42 Å². The van der Waals surface area contributed by atoms with E-state index in [1.54, 1.807) is 18.2 Å². The summed E-state index contributed by atoms with van der Waals surface area (Å²) in [5, 5.41) is 11.8. The van der Waals surface area contributed by atoms with Gasteiger partial charge in [-0.25, -0.2) is 0 Å². The van der Waals surface area contributed by atoms with Crippen molar-refractivity contribution in [2.45, 2.75) is 25.8 Å². The molecule has 1 aromatic carbocycles. The molecular weight excluding hydrogens is 228 g/mol. The van der Waals surface area contributed by atoms with Crippen molar-refractivity contribution in [3.05, 3.63) is 24.3 Å². The average molecular weight is 245 g/mol. The molecule has 1 amide bonds. The Morgan fingerprint density at radius 2 is 2.25 bits per heavy atom. The normalized spacial score (nSPS) is 11.4. The third-order valence-electron chi connectivity index (χ3n) is 2.05. The second-order valence-electron chi connectivity index (χ2n) is 3.43. The van der Waals surface area contributed by atoms with E-state index in [1.807, 2.05) is 6.92 Å². The highest BCUT2D eigenvalue weighted by Gasteiger charge is 2.11.